The van der Waals surface area contributed by atoms with Gasteiger partial charge in [-0.3, -0.25) is 0 Å². The summed E-state index contributed by atoms with van der Waals surface area (Å²) < 4.78 is 5.29. The fourth-order valence-corrected chi connectivity index (χ4v) is 1.94. The van der Waals surface area contributed by atoms with Crippen LogP contribution in [0.15, 0.2) is 12.1 Å². The monoisotopic (exact) mass is 238 g/mol. The topological polar surface area (TPSA) is 66.8 Å². The Hall–Kier alpha value is -1.55. The minimum atomic E-state index is -1.32. The molecule has 1 aromatic carbocycles. The zero-order valence-corrected chi connectivity index (χ0v) is 10.4. The Morgan fingerprint density at radius 3 is 2.59 bits per heavy atom. The molecule has 0 aromatic heterocycles. The lowest BCUT2D eigenvalue weighted by Crippen LogP contribution is -2.20. The molecule has 2 N–H and O–H groups in total. The third-order valence-corrected chi connectivity index (χ3v) is 2.67. The van der Waals surface area contributed by atoms with Crippen LogP contribution in [0.2, 0.25) is 0 Å². The molecule has 0 fully saturated rings. The maximum Gasteiger partial charge on any atom is 0.332 e. The van der Waals surface area contributed by atoms with Gasteiger partial charge in [-0.1, -0.05) is 17.7 Å². The van der Waals surface area contributed by atoms with Gasteiger partial charge in [0.25, 0.3) is 0 Å². The van der Waals surface area contributed by atoms with Crippen molar-refractivity contribution in [1.82, 2.24) is 0 Å². The van der Waals surface area contributed by atoms with Gasteiger partial charge >= 0.3 is 5.97 Å². The molecule has 1 rings (SSSR count). The van der Waals surface area contributed by atoms with Crippen LogP contribution in [-0.2, 0) is 11.2 Å². The van der Waals surface area contributed by atoms with Gasteiger partial charge in [-0.2, -0.15) is 0 Å². The second kappa shape index (κ2) is 5.68. The highest BCUT2D eigenvalue weighted by Gasteiger charge is 2.15. The zero-order valence-electron chi connectivity index (χ0n) is 10.4. The van der Waals surface area contributed by atoms with E-state index in [0.717, 1.165) is 22.4 Å². The van der Waals surface area contributed by atoms with E-state index >= 15 is 0 Å². The molecule has 0 amide bonds. The third kappa shape index (κ3) is 3.46. The number of carboxylic acid groups (broad SMARTS) is 1. The van der Waals surface area contributed by atoms with Gasteiger partial charge in [0.15, 0.2) is 6.10 Å². The molecule has 4 heteroatoms. The summed E-state index contributed by atoms with van der Waals surface area (Å²) in [5.74, 6) is -0.415. The molecule has 0 bridgehead atoms. The quantitative estimate of drug-likeness (QED) is 0.819. The highest BCUT2D eigenvalue weighted by molar-refractivity contribution is 5.71. The zero-order chi connectivity index (χ0) is 13.0. The van der Waals surface area contributed by atoms with Gasteiger partial charge in [-0.15, -0.1) is 0 Å². The van der Waals surface area contributed by atoms with E-state index in [1.165, 1.54) is 0 Å². The van der Waals surface area contributed by atoms with Crippen molar-refractivity contribution in [2.45, 2.75) is 32.8 Å². The van der Waals surface area contributed by atoms with Crippen molar-refractivity contribution in [1.29, 1.82) is 0 Å². The number of rotatable bonds is 5. The molecule has 94 valence electrons. The first-order chi connectivity index (χ1) is 7.95. The molecule has 0 spiro atoms. The standard InChI is InChI=1S/C13H18O4/c1-8-6-9(2)12(17-3)10(7-8)4-5-11(14)13(15)16/h6-7,11,14H,4-5H2,1-3H3,(H,15,16). The fourth-order valence-electron chi connectivity index (χ4n) is 1.94. The average molecular weight is 238 g/mol. The molecule has 0 saturated heterocycles. The number of hydrogen-bond acceptors (Lipinski definition) is 3. The number of carboxylic acids is 1. The van der Waals surface area contributed by atoms with Crippen LogP contribution in [0.5, 0.6) is 5.75 Å². The van der Waals surface area contributed by atoms with Crippen molar-refractivity contribution in [2.75, 3.05) is 7.11 Å². The van der Waals surface area contributed by atoms with E-state index in [1.54, 1.807) is 7.11 Å². The number of aliphatic carboxylic acids is 1. The summed E-state index contributed by atoms with van der Waals surface area (Å²) >= 11 is 0. The Morgan fingerprint density at radius 1 is 1.41 bits per heavy atom. The molecular weight excluding hydrogens is 220 g/mol. The van der Waals surface area contributed by atoms with Gasteiger partial charge in [0, 0.05) is 0 Å². The van der Waals surface area contributed by atoms with E-state index in [9.17, 15) is 9.90 Å². The van der Waals surface area contributed by atoms with Gasteiger partial charge in [0.05, 0.1) is 7.11 Å². The van der Waals surface area contributed by atoms with Gasteiger partial charge < -0.3 is 14.9 Å². The van der Waals surface area contributed by atoms with E-state index < -0.39 is 12.1 Å². The summed E-state index contributed by atoms with van der Waals surface area (Å²) in [5, 5.41) is 17.9. The molecule has 0 heterocycles. The van der Waals surface area contributed by atoms with Crippen LogP contribution in [0, 0.1) is 13.8 Å². The summed E-state index contributed by atoms with van der Waals surface area (Å²) in [7, 11) is 1.59. The number of methoxy groups -OCH3 is 1. The molecule has 0 saturated carbocycles. The number of ether oxygens (including phenoxy) is 1. The Balaban J connectivity index is 2.86. The number of aryl methyl sites for hydroxylation is 3. The van der Waals surface area contributed by atoms with Crippen molar-refractivity contribution in [3.05, 3.63) is 28.8 Å². The van der Waals surface area contributed by atoms with Crippen molar-refractivity contribution in [2.24, 2.45) is 0 Å². The summed E-state index contributed by atoms with van der Waals surface area (Å²) in [6.45, 7) is 3.92. The Labute approximate surface area is 101 Å². The van der Waals surface area contributed by atoms with Crippen LogP contribution >= 0.6 is 0 Å². The molecule has 0 aliphatic rings. The summed E-state index contributed by atoms with van der Waals surface area (Å²) in [6.07, 6.45) is -0.645. The van der Waals surface area contributed by atoms with E-state index in [-0.39, 0.29) is 6.42 Å². The van der Waals surface area contributed by atoms with Crippen molar-refractivity contribution in [3.63, 3.8) is 0 Å². The average Bonchev–Trinajstić information content (AvgIpc) is 2.24. The molecule has 0 radical (unpaired) electrons. The Bertz CT molecular complexity index is 412. The Morgan fingerprint density at radius 2 is 2.06 bits per heavy atom. The molecule has 0 aliphatic carbocycles. The molecule has 1 atom stereocenters. The van der Waals surface area contributed by atoms with Crippen LogP contribution in [0.25, 0.3) is 0 Å². The van der Waals surface area contributed by atoms with Crippen molar-refractivity contribution in [3.8, 4) is 5.75 Å². The normalized spacial score (nSPS) is 12.2. The predicted octanol–water partition coefficient (Wildman–Crippen LogP) is 1.69. The maximum absolute atomic E-state index is 10.5. The van der Waals surface area contributed by atoms with Gasteiger partial charge in [-0.05, 0) is 37.8 Å². The second-order valence-electron chi connectivity index (χ2n) is 4.17. The maximum atomic E-state index is 10.5. The number of carbonyl (C=O) groups is 1. The van der Waals surface area contributed by atoms with Crippen molar-refractivity contribution >= 4 is 5.97 Å². The smallest absolute Gasteiger partial charge is 0.332 e. The van der Waals surface area contributed by atoms with E-state index in [4.69, 9.17) is 9.84 Å². The summed E-state index contributed by atoms with van der Waals surface area (Å²) in [6, 6.07) is 3.97. The van der Waals surface area contributed by atoms with Crippen LogP contribution in [0.4, 0.5) is 0 Å². The first-order valence-corrected chi connectivity index (χ1v) is 5.50. The first-order valence-electron chi connectivity index (χ1n) is 5.50. The van der Waals surface area contributed by atoms with Gasteiger partial charge in [0.2, 0.25) is 0 Å². The van der Waals surface area contributed by atoms with Crippen LogP contribution in [0.3, 0.4) is 0 Å². The van der Waals surface area contributed by atoms with E-state index in [1.807, 2.05) is 26.0 Å². The van der Waals surface area contributed by atoms with E-state index in [2.05, 4.69) is 0 Å². The number of benzene rings is 1. The molecular formula is C13H18O4. The van der Waals surface area contributed by atoms with Gasteiger partial charge in [0.1, 0.15) is 5.75 Å². The lowest BCUT2D eigenvalue weighted by molar-refractivity contribution is -0.146. The number of aliphatic hydroxyl groups is 1. The third-order valence-electron chi connectivity index (χ3n) is 2.67. The minimum absolute atomic E-state index is 0.189. The second-order valence-corrected chi connectivity index (χ2v) is 4.17. The lowest BCUT2D eigenvalue weighted by atomic mass is 10.0. The lowest BCUT2D eigenvalue weighted by Gasteiger charge is -2.13. The summed E-state index contributed by atoms with van der Waals surface area (Å²) in [4.78, 5) is 10.5. The fraction of sp³-hybridized carbons (Fsp3) is 0.462. The molecule has 1 aromatic rings. The molecule has 4 nitrogen and oxygen atoms in total. The largest absolute Gasteiger partial charge is 0.496 e. The predicted molar refractivity (Wildman–Crippen MR) is 64.4 cm³/mol. The highest BCUT2D eigenvalue weighted by atomic mass is 16.5. The van der Waals surface area contributed by atoms with Crippen molar-refractivity contribution < 1.29 is 19.7 Å². The molecule has 17 heavy (non-hydrogen) atoms. The summed E-state index contributed by atoms with van der Waals surface area (Å²) in [5.41, 5.74) is 3.06. The van der Waals surface area contributed by atoms with Gasteiger partial charge in [-0.25, -0.2) is 4.79 Å². The number of aliphatic hydroxyl groups excluding tert-OH is 1. The number of hydrogen-bond donors (Lipinski definition) is 2. The molecule has 0 aliphatic heterocycles. The Kier molecular flexibility index (Phi) is 4.52. The first kappa shape index (κ1) is 13.5. The highest BCUT2D eigenvalue weighted by Crippen LogP contribution is 2.26. The SMILES string of the molecule is COc1c(C)cc(C)cc1CCC(O)C(=O)O. The molecule has 1 unspecified atom stereocenters. The van der Waals surface area contributed by atoms with E-state index in [0.29, 0.717) is 6.42 Å². The van der Waals surface area contributed by atoms with Crippen LogP contribution < -0.4 is 4.74 Å². The van der Waals surface area contributed by atoms with Crippen LogP contribution in [-0.4, -0.2) is 29.4 Å². The van der Waals surface area contributed by atoms with Crippen LogP contribution in [0.1, 0.15) is 23.1 Å². The minimum Gasteiger partial charge on any atom is -0.496 e.